The number of likely N-dealkylation sites (tertiary alicyclic amines) is 1. The zero-order valence-electron chi connectivity index (χ0n) is 12.3. The number of carboxylic acids is 1. The van der Waals surface area contributed by atoms with Crippen molar-refractivity contribution in [3.8, 4) is 0 Å². The van der Waals surface area contributed by atoms with Gasteiger partial charge in [0.1, 0.15) is 0 Å². The van der Waals surface area contributed by atoms with Crippen LogP contribution < -0.4 is 10.6 Å². The fourth-order valence-electron chi connectivity index (χ4n) is 2.82. The summed E-state index contributed by atoms with van der Waals surface area (Å²) >= 11 is 0. The van der Waals surface area contributed by atoms with E-state index in [1.165, 1.54) is 19.3 Å². The molecule has 21 heavy (non-hydrogen) atoms. The summed E-state index contributed by atoms with van der Waals surface area (Å²) < 4.78 is 5.32. The summed E-state index contributed by atoms with van der Waals surface area (Å²) in [7, 11) is 0. The van der Waals surface area contributed by atoms with Gasteiger partial charge in [0, 0.05) is 19.6 Å². The molecular formula is C14H25N3O4. The average Bonchev–Trinajstić information content (AvgIpc) is 2.95. The maximum atomic E-state index is 11.6. The predicted molar refractivity (Wildman–Crippen MR) is 77.2 cm³/mol. The second-order valence-corrected chi connectivity index (χ2v) is 5.70. The molecule has 2 fully saturated rings. The lowest BCUT2D eigenvalue weighted by Crippen LogP contribution is -2.43. The molecule has 7 nitrogen and oxygen atoms in total. The molecule has 2 aliphatic rings. The third-order valence-electron chi connectivity index (χ3n) is 4.04. The number of rotatable bonds is 6. The van der Waals surface area contributed by atoms with Gasteiger partial charge in [-0.3, -0.25) is 0 Å². The minimum Gasteiger partial charge on any atom is -0.479 e. The van der Waals surface area contributed by atoms with Gasteiger partial charge in [-0.05, 0) is 38.8 Å². The largest absolute Gasteiger partial charge is 0.479 e. The number of carboxylic acid groups (broad SMARTS) is 1. The topological polar surface area (TPSA) is 90.9 Å². The first-order chi connectivity index (χ1) is 10.1. The smallest absolute Gasteiger partial charge is 0.332 e. The van der Waals surface area contributed by atoms with Gasteiger partial charge in [0.2, 0.25) is 0 Å². The van der Waals surface area contributed by atoms with Crippen LogP contribution in [0, 0.1) is 0 Å². The van der Waals surface area contributed by atoms with E-state index in [0.29, 0.717) is 25.9 Å². The highest BCUT2D eigenvalue weighted by molar-refractivity contribution is 5.74. The standard InChI is InChI=1S/C14H25N3O4/c18-13(19)12-5-4-11(21-12)10-16-14(20)15-6-9-17-7-2-1-3-8-17/h11-12H,1-10H2,(H,18,19)(H2,15,16,20). The number of nitrogens with one attached hydrogen (secondary N) is 2. The van der Waals surface area contributed by atoms with Crippen LogP contribution in [0.5, 0.6) is 0 Å². The van der Waals surface area contributed by atoms with Crippen LogP contribution in [0.4, 0.5) is 4.79 Å². The highest BCUT2D eigenvalue weighted by Crippen LogP contribution is 2.19. The Balaban J connectivity index is 1.52. The molecule has 2 aliphatic heterocycles. The van der Waals surface area contributed by atoms with Gasteiger partial charge in [-0.1, -0.05) is 6.42 Å². The molecule has 7 heteroatoms. The molecule has 0 radical (unpaired) electrons. The minimum atomic E-state index is -0.927. The van der Waals surface area contributed by atoms with E-state index in [1.807, 2.05) is 0 Å². The summed E-state index contributed by atoms with van der Waals surface area (Å²) in [5.41, 5.74) is 0. The van der Waals surface area contributed by atoms with Crippen LogP contribution in [0.3, 0.4) is 0 Å². The van der Waals surface area contributed by atoms with E-state index in [2.05, 4.69) is 15.5 Å². The third-order valence-corrected chi connectivity index (χ3v) is 4.04. The van der Waals surface area contributed by atoms with Crippen molar-refractivity contribution in [3.05, 3.63) is 0 Å². The summed E-state index contributed by atoms with van der Waals surface area (Å²) in [6, 6.07) is -0.214. The van der Waals surface area contributed by atoms with Crippen molar-refractivity contribution < 1.29 is 19.4 Å². The minimum absolute atomic E-state index is 0.195. The molecule has 2 saturated heterocycles. The van der Waals surface area contributed by atoms with Crippen molar-refractivity contribution in [1.29, 1.82) is 0 Å². The van der Waals surface area contributed by atoms with Crippen LogP contribution in [-0.2, 0) is 9.53 Å². The zero-order chi connectivity index (χ0) is 15.1. The molecule has 2 atom stereocenters. The maximum absolute atomic E-state index is 11.6. The lowest BCUT2D eigenvalue weighted by molar-refractivity contribution is -0.149. The van der Waals surface area contributed by atoms with E-state index in [4.69, 9.17) is 9.84 Å². The van der Waals surface area contributed by atoms with Crippen LogP contribution >= 0.6 is 0 Å². The molecule has 120 valence electrons. The van der Waals surface area contributed by atoms with Crippen molar-refractivity contribution in [1.82, 2.24) is 15.5 Å². The molecule has 2 amide bonds. The van der Waals surface area contributed by atoms with Gasteiger partial charge in [0.25, 0.3) is 0 Å². The molecule has 0 spiro atoms. The summed E-state index contributed by atoms with van der Waals surface area (Å²) in [4.78, 5) is 24.8. The number of nitrogens with zero attached hydrogens (tertiary/aromatic N) is 1. The lowest BCUT2D eigenvalue weighted by Gasteiger charge is -2.26. The van der Waals surface area contributed by atoms with Crippen molar-refractivity contribution in [2.75, 3.05) is 32.7 Å². The van der Waals surface area contributed by atoms with E-state index in [1.54, 1.807) is 0 Å². The summed E-state index contributed by atoms with van der Waals surface area (Å²) in [6.45, 7) is 4.12. The predicted octanol–water partition coefficient (Wildman–Crippen LogP) is 0.404. The third kappa shape index (κ3) is 5.51. The molecule has 0 saturated carbocycles. The number of hydrogen-bond acceptors (Lipinski definition) is 4. The quantitative estimate of drug-likeness (QED) is 0.660. The first kappa shape index (κ1) is 16.0. The second-order valence-electron chi connectivity index (χ2n) is 5.70. The van der Waals surface area contributed by atoms with E-state index in [-0.39, 0.29) is 12.1 Å². The highest BCUT2D eigenvalue weighted by Gasteiger charge is 2.30. The molecule has 2 rings (SSSR count). The maximum Gasteiger partial charge on any atom is 0.332 e. The molecule has 0 aromatic rings. The summed E-state index contributed by atoms with van der Waals surface area (Å²) in [5.74, 6) is -0.927. The Morgan fingerprint density at radius 3 is 2.57 bits per heavy atom. The van der Waals surface area contributed by atoms with Crippen molar-refractivity contribution in [2.45, 2.75) is 44.3 Å². The number of aliphatic carboxylic acids is 1. The number of piperidine rings is 1. The van der Waals surface area contributed by atoms with Crippen molar-refractivity contribution >= 4 is 12.0 Å². The Labute approximate surface area is 125 Å². The van der Waals surface area contributed by atoms with Crippen LogP contribution in [0.15, 0.2) is 0 Å². The molecule has 0 aromatic heterocycles. The van der Waals surface area contributed by atoms with Crippen LogP contribution in [0.25, 0.3) is 0 Å². The highest BCUT2D eigenvalue weighted by atomic mass is 16.5. The zero-order valence-corrected chi connectivity index (χ0v) is 12.3. The average molecular weight is 299 g/mol. The summed E-state index contributed by atoms with van der Waals surface area (Å²) in [5, 5.41) is 14.4. The lowest BCUT2D eigenvalue weighted by atomic mass is 10.1. The van der Waals surface area contributed by atoms with E-state index in [9.17, 15) is 9.59 Å². The van der Waals surface area contributed by atoms with Crippen molar-refractivity contribution in [2.24, 2.45) is 0 Å². The van der Waals surface area contributed by atoms with Gasteiger partial charge in [0.15, 0.2) is 6.10 Å². The van der Waals surface area contributed by atoms with Crippen LogP contribution in [0.1, 0.15) is 32.1 Å². The van der Waals surface area contributed by atoms with Gasteiger partial charge in [-0.25, -0.2) is 9.59 Å². The van der Waals surface area contributed by atoms with E-state index < -0.39 is 12.1 Å². The van der Waals surface area contributed by atoms with Gasteiger partial charge < -0.3 is 25.4 Å². The van der Waals surface area contributed by atoms with E-state index >= 15 is 0 Å². The molecule has 2 unspecified atom stereocenters. The first-order valence-corrected chi connectivity index (χ1v) is 7.77. The fraction of sp³-hybridized carbons (Fsp3) is 0.857. The van der Waals surface area contributed by atoms with Crippen molar-refractivity contribution in [3.63, 3.8) is 0 Å². The molecular weight excluding hydrogens is 274 g/mol. The Kier molecular flexibility index (Phi) is 6.25. The van der Waals surface area contributed by atoms with Gasteiger partial charge >= 0.3 is 12.0 Å². The summed E-state index contributed by atoms with van der Waals surface area (Å²) in [6.07, 6.45) is 4.07. The van der Waals surface area contributed by atoms with Gasteiger partial charge in [0.05, 0.1) is 6.10 Å². The number of amides is 2. The second kappa shape index (κ2) is 8.19. The number of hydrogen-bond donors (Lipinski definition) is 3. The monoisotopic (exact) mass is 299 g/mol. The number of ether oxygens (including phenoxy) is 1. The SMILES string of the molecule is O=C(NCCN1CCCCC1)NCC1CCC(C(=O)O)O1. The van der Waals surface area contributed by atoms with E-state index in [0.717, 1.165) is 19.6 Å². The molecule has 0 aliphatic carbocycles. The van der Waals surface area contributed by atoms with Crippen LogP contribution in [-0.4, -0.2) is 66.9 Å². The molecule has 0 aromatic carbocycles. The number of carbonyl (C=O) groups excluding carboxylic acids is 1. The van der Waals surface area contributed by atoms with Crippen LogP contribution in [0.2, 0.25) is 0 Å². The number of urea groups is 1. The number of carbonyl (C=O) groups is 2. The molecule has 0 bridgehead atoms. The Bertz CT molecular complexity index is 358. The fourth-order valence-corrected chi connectivity index (χ4v) is 2.82. The van der Waals surface area contributed by atoms with Gasteiger partial charge in [-0.2, -0.15) is 0 Å². The molecule has 2 heterocycles. The van der Waals surface area contributed by atoms with Gasteiger partial charge in [-0.15, -0.1) is 0 Å². The Morgan fingerprint density at radius 1 is 1.14 bits per heavy atom. The Hall–Kier alpha value is -1.34. The molecule has 3 N–H and O–H groups in total. The normalized spacial score (nSPS) is 26.5. The first-order valence-electron chi connectivity index (χ1n) is 7.77. The Morgan fingerprint density at radius 2 is 1.90 bits per heavy atom.